The second-order valence-corrected chi connectivity index (χ2v) is 6.47. The molecule has 2 aromatic carbocycles. The first-order valence-electron chi connectivity index (χ1n) is 8.99. The Balaban J connectivity index is 1.44. The van der Waals surface area contributed by atoms with E-state index in [4.69, 9.17) is 14.2 Å². The van der Waals surface area contributed by atoms with E-state index in [0.29, 0.717) is 60.3 Å². The fourth-order valence-electron chi connectivity index (χ4n) is 3.09. The Morgan fingerprint density at radius 3 is 2.61 bits per heavy atom. The van der Waals surface area contributed by atoms with Crippen molar-refractivity contribution in [1.82, 2.24) is 5.43 Å². The minimum absolute atomic E-state index is 0.143. The summed E-state index contributed by atoms with van der Waals surface area (Å²) >= 11 is 0. The monoisotopic (exact) mass is 385 g/mol. The summed E-state index contributed by atoms with van der Waals surface area (Å²) in [5.41, 5.74) is 4.53. The van der Waals surface area contributed by atoms with E-state index in [-0.39, 0.29) is 18.5 Å². The average Bonchev–Trinajstić information content (AvgIpc) is 3.20. The van der Waals surface area contributed by atoms with E-state index in [1.54, 1.807) is 37.3 Å². The van der Waals surface area contributed by atoms with Gasteiger partial charge in [-0.3, -0.25) is 4.79 Å². The van der Waals surface area contributed by atoms with Gasteiger partial charge in [0.1, 0.15) is 5.82 Å². The van der Waals surface area contributed by atoms with Gasteiger partial charge in [-0.05, 0) is 37.3 Å². The number of anilines is 1. The Kier molecular flexibility index (Phi) is 5.12. The van der Waals surface area contributed by atoms with Crippen LogP contribution in [0, 0.1) is 5.82 Å². The van der Waals surface area contributed by atoms with Gasteiger partial charge in [0.2, 0.25) is 6.79 Å². The highest BCUT2D eigenvalue weighted by Crippen LogP contribution is 2.32. The summed E-state index contributed by atoms with van der Waals surface area (Å²) in [6.45, 7) is 4.36. The lowest BCUT2D eigenvalue weighted by molar-refractivity contribution is 0.0954. The number of halogens is 1. The van der Waals surface area contributed by atoms with Crippen LogP contribution in [-0.4, -0.2) is 44.7 Å². The van der Waals surface area contributed by atoms with Gasteiger partial charge in [0.05, 0.1) is 24.6 Å². The molecule has 0 atom stereocenters. The highest BCUT2D eigenvalue weighted by atomic mass is 19.1. The van der Waals surface area contributed by atoms with Crippen molar-refractivity contribution in [3.8, 4) is 11.5 Å². The van der Waals surface area contributed by atoms with E-state index in [1.807, 2.05) is 4.90 Å². The van der Waals surface area contributed by atoms with Gasteiger partial charge in [-0.15, -0.1) is 0 Å². The molecule has 0 saturated carbocycles. The van der Waals surface area contributed by atoms with Crippen LogP contribution in [0.5, 0.6) is 11.5 Å². The number of amides is 1. The first-order chi connectivity index (χ1) is 13.6. The predicted octanol–water partition coefficient (Wildman–Crippen LogP) is 2.55. The highest BCUT2D eigenvalue weighted by Gasteiger charge is 2.17. The van der Waals surface area contributed by atoms with E-state index < -0.39 is 0 Å². The fourth-order valence-corrected chi connectivity index (χ4v) is 3.09. The molecule has 2 aromatic rings. The molecule has 7 nitrogen and oxygen atoms in total. The molecular formula is C20H20FN3O4. The second-order valence-electron chi connectivity index (χ2n) is 6.47. The number of carbonyl (C=O) groups is 1. The Hall–Kier alpha value is -3.13. The number of hydrogen-bond donors (Lipinski definition) is 1. The summed E-state index contributed by atoms with van der Waals surface area (Å²) in [5, 5.41) is 4.09. The van der Waals surface area contributed by atoms with Crippen LogP contribution in [0.1, 0.15) is 22.8 Å². The SMILES string of the molecule is C/C(=N\NC(=O)c1ccc2c(c1)OCO2)c1ccc(N2CCOCC2)c(F)c1. The molecule has 1 saturated heterocycles. The quantitative estimate of drug-likeness (QED) is 0.647. The first kappa shape index (κ1) is 18.2. The lowest BCUT2D eigenvalue weighted by Crippen LogP contribution is -2.36. The molecule has 4 rings (SSSR count). The van der Waals surface area contributed by atoms with E-state index in [9.17, 15) is 9.18 Å². The first-order valence-corrected chi connectivity index (χ1v) is 8.99. The van der Waals surface area contributed by atoms with Crippen LogP contribution in [-0.2, 0) is 4.74 Å². The number of nitrogens with zero attached hydrogens (tertiary/aromatic N) is 2. The van der Waals surface area contributed by atoms with Crippen molar-refractivity contribution in [2.45, 2.75) is 6.92 Å². The van der Waals surface area contributed by atoms with Gasteiger partial charge in [-0.2, -0.15) is 5.10 Å². The summed E-state index contributed by atoms with van der Waals surface area (Å²) in [7, 11) is 0. The van der Waals surface area contributed by atoms with Gasteiger partial charge in [0, 0.05) is 24.2 Å². The van der Waals surface area contributed by atoms with Gasteiger partial charge >= 0.3 is 0 Å². The molecule has 2 aliphatic heterocycles. The summed E-state index contributed by atoms with van der Waals surface area (Å²) < 4.78 is 30.3. The molecule has 1 N–H and O–H groups in total. The molecule has 0 spiro atoms. The number of carbonyl (C=O) groups excluding carboxylic acids is 1. The summed E-state index contributed by atoms with van der Waals surface area (Å²) in [4.78, 5) is 14.3. The van der Waals surface area contributed by atoms with E-state index in [1.165, 1.54) is 6.07 Å². The lowest BCUT2D eigenvalue weighted by atomic mass is 10.1. The van der Waals surface area contributed by atoms with Gasteiger partial charge in [-0.25, -0.2) is 9.82 Å². The minimum Gasteiger partial charge on any atom is -0.454 e. The molecule has 0 radical (unpaired) electrons. The second kappa shape index (κ2) is 7.85. The van der Waals surface area contributed by atoms with E-state index >= 15 is 0 Å². The third kappa shape index (κ3) is 3.77. The van der Waals surface area contributed by atoms with Crippen LogP contribution < -0.4 is 19.8 Å². The van der Waals surface area contributed by atoms with Crippen LogP contribution in [0.4, 0.5) is 10.1 Å². The normalized spacial score (nSPS) is 16.2. The number of hydrazone groups is 1. The zero-order valence-electron chi connectivity index (χ0n) is 15.4. The molecule has 2 heterocycles. The topological polar surface area (TPSA) is 72.4 Å². The van der Waals surface area contributed by atoms with Gasteiger partial charge in [0.15, 0.2) is 11.5 Å². The Bertz CT molecular complexity index is 926. The fraction of sp³-hybridized carbons (Fsp3) is 0.300. The molecular weight excluding hydrogens is 365 g/mol. The van der Waals surface area contributed by atoms with Crippen molar-refractivity contribution < 1.29 is 23.4 Å². The summed E-state index contributed by atoms with van der Waals surface area (Å²) in [6, 6.07) is 9.85. The lowest BCUT2D eigenvalue weighted by Gasteiger charge is -2.29. The Morgan fingerprint density at radius 2 is 1.82 bits per heavy atom. The predicted molar refractivity (Wildman–Crippen MR) is 102 cm³/mol. The number of rotatable bonds is 4. The zero-order valence-corrected chi connectivity index (χ0v) is 15.4. The largest absolute Gasteiger partial charge is 0.454 e. The maximum atomic E-state index is 14.5. The highest BCUT2D eigenvalue weighted by molar-refractivity contribution is 6.01. The molecule has 146 valence electrons. The Morgan fingerprint density at radius 1 is 1.07 bits per heavy atom. The number of hydrogen-bond acceptors (Lipinski definition) is 6. The average molecular weight is 385 g/mol. The summed E-state index contributed by atoms with van der Waals surface area (Å²) in [5.74, 6) is 0.417. The third-order valence-electron chi connectivity index (χ3n) is 4.68. The van der Waals surface area contributed by atoms with Crippen LogP contribution in [0.25, 0.3) is 0 Å². The van der Waals surface area contributed by atoms with Crippen LogP contribution in [0.2, 0.25) is 0 Å². The molecule has 1 fully saturated rings. The molecule has 2 aliphatic rings. The van der Waals surface area contributed by atoms with E-state index in [0.717, 1.165) is 0 Å². The molecule has 0 aromatic heterocycles. The maximum absolute atomic E-state index is 14.5. The standard InChI is InChI=1S/C20H20FN3O4/c1-13(14-2-4-17(16(21)10-14)24-6-8-26-9-7-24)22-23-20(25)15-3-5-18-19(11-15)28-12-27-18/h2-5,10-11H,6-9,12H2,1H3,(H,23,25)/b22-13+. The number of morpholine rings is 1. The van der Waals surface area contributed by atoms with Crippen molar-refractivity contribution in [2.75, 3.05) is 38.0 Å². The molecule has 1 amide bonds. The number of ether oxygens (including phenoxy) is 3. The van der Waals surface area contributed by atoms with Gasteiger partial charge in [0.25, 0.3) is 5.91 Å². The van der Waals surface area contributed by atoms with Crippen LogP contribution >= 0.6 is 0 Å². The molecule has 28 heavy (non-hydrogen) atoms. The Labute approximate surface area is 161 Å². The number of fused-ring (bicyclic) bond motifs is 1. The van der Waals surface area contributed by atoms with Crippen molar-refractivity contribution in [3.05, 3.63) is 53.3 Å². The molecule has 8 heteroatoms. The smallest absolute Gasteiger partial charge is 0.271 e. The molecule has 0 aliphatic carbocycles. The van der Waals surface area contributed by atoms with Crippen molar-refractivity contribution in [1.29, 1.82) is 0 Å². The van der Waals surface area contributed by atoms with Crippen molar-refractivity contribution >= 4 is 17.3 Å². The van der Waals surface area contributed by atoms with Crippen LogP contribution in [0.15, 0.2) is 41.5 Å². The number of nitrogens with one attached hydrogen (secondary N) is 1. The maximum Gasteiger partial charge on any atom is 0.271 e. The summed E-state index contributed by atoms with van der Waals surface area (Å²) in [6.07, 6.45) is 0. The third-order valence-corrected chi connectivity index (χ3v) is 4.68. The van der Waals surface area contributed by atoms with Gasteiger partial charge < -0.3 is 19.1 Å². The molecule has 0 bridgehead atoms. The van der Waals surface area contributed by atoms with E-state index in [2.05, 4.69) is 10.5 Å². The zero-order chi connectivity index (χ0) is 19.5. The number of benzene rings is 2. The van der Waals surface area contributed by atoms with Crippen LogP contribution in [0.3, 0.4) is 0 Å². The van der Waals surface area contributed by atoms with Crippen molar-refractivity contribution in [2.24, 2.45) is 5.10 Å². The van der Waals surface area contributed by atoms with Crippen molar-refractivity contribution in [3.63, 3.8) is 0 Å². The molecule has 0 unspecified atom stereocenters. The minimum atomic E-state index is -0.386. The van der Waals surface area contributed by atoms with Gasteiger partial charge in [-0.1, -0.05) is 6.07 Å².